The van der Waals surface area contributed by atoms with E-state index in [-0.39, 0.29) is 17.3 Å². The molecule has 1 aliphatic rings. The molecular weight excluding hydrogens is 399 g/mol. The van der Waals surface area contributed by atoms with Crippen LogP contribution in [-0.4, -0.2) is 41.7 Å². The van der Waals surface area contributed by atoms with E-state index in [1.54, 1.807) is 52.1 Å². The third-order valence-corrected chi connectivity index (χ3v) is 5.27. The lowest BCUT2D eigenvalue weighted by Gasteiger charge is -2.29. The van der Waals surface area contributed by atoms with Gasteiger partial charge in [0.05, 0.1) is 0 Å². The highest BCUT2D eigenvalue weighted by molar-refractivity contribution is 5.92. The van der Waals surface area contributed by atoms with E-state index in [1.165, 1.54) is 29.4 Å². The first kappa shape index (κ1) is 18.9. The van der Waals surface area contributed by atoms with E-state index in [1.807, 2.05) is 0 Å². The number of pyridine rings is 2. The fourth-order valence-corrected chi connectivity index (χ4v) is 3.67. The van der Waals surface area contributed by atoms with Crippen LogP contribution in [0.15, 0.2) is 72.2 Å². The molecule has 0 bridgehead atoms. The van der Waals surface area contributed by atoms with Gasteiger partial charge in [-0.1, -0.05) is 6.07 Å². The van der Waals surface area contributed by atoms with E-state index < -0.39 is 0 Å². The number of rotatable bonds is 3. The fraction of sp³-hybridized carbons (Fsp3) is 0.136. The molecule has 0 atom stereocenters. The normalized spacial score (nSPS) is 13.1. The van der Waals surface area contributed by atoms with Crippen molar-refractivity contribution in [1.29, 1.82) is 0 Å². The first-order valence-corrected chi connectivity index (χ1v) is 9.70. The van der Waals surface area contributed by atoms with Crippen molar-refractivity contribution in [2.75, 3.05) is 6.54 Å². The lowest BCUT2D eigenvalue weighted by atomic mass is 10.0. The van der Waals surface area contributed by atoms with Crippen molar-refractivity contribution >= 4 is 5.91 Å². The van der Waals surface area contributed by atoms with Crippen molar-refractivity contribution in [2.24, 2.45) is 0 Å². The topological polar surface area (TPSA) is 85.9 Å². The highest BCUT2D eigenvalue weighted by atomic mass is 19.1. The molecule has 1 aliphatic heterocycles. The third-order valence-electron chi connectivity index (χ3n) is 5.27. The van der Waals surface area contributed by atoms with Crippen LogP contribution in [0.4, 0.5) is 4.39 Å². The van der Waals surface area contributed by atoms with Gasteiger partial charge >= 0.3 is 0 Å². The monoisotopic (exact) mass is 416 g/mol. The zero-order valence-electron chi connectivity index (χ0n) is 16.3. The van der Waals surface area contributed by atoms with Crippen LogP contribution in [0.1, 0.15) is 21.6 Å². The van der Waals surface area contributed by atoms with E-state index in [4.69, 9.17) is 0 Å². The Bertz CT molecular complexity index is 1310. The molecule has 0 aliphatic carbocycles. The first-order chi connectivity index (χ1) is 15.1. The van der Waals surface area contributed by atoms with Crippen LogP contribution in [0.3, 0.4) is 0 Å². The third kappa shape index (κ3) is 3.61. The summed E-state index contributed by atoms with van der Waals surface area (Å²) in [5.41, 5.74) is 2.49. The van der Waals surface area contributed by atoms with Crippen molar-refractivity contribution in [3.8, 4) is 11.5 Å². The van der Waals surface area contributed by atoms with Gasteiger partial charge in [0.25, 0.3) is 11.5 Å². The number of hydrogen-bond acceptors (Lipinski definition) is 5. The Morgan fingerprint density at radius 2 is 1.77 bits per heavy atom. The predicted octanol–water partition coefficient (Wildman–Crippen LogP) is 2.15. The number of carbonyl (C=O) groups excluding carboxylic acids is 1. The first-order valence-electron chi connectivity index (χ1n) is 9.70. The van der Waals surface area contributed by atoms with Gasteiger partial charge in [-0.25, -0.2) is 9.37 Å². The van der Waals surface area contributed by atoms with E-state index in [9.17, 15) is 14.0 Å². The summed E-state index contributed by atoms with van der Waals surface area (Å²) < 4.78 is 16.3. The number of aromatic nitrogens is 5. The smallest absolute Gasteiger partial charge is 0.272 e. The molecule has 154 valence electrons. The van der Waals surface area contributed by atoms with Crippen LogP contribution in [-0.2, 0) is 13.0 Å². The van der Waals surface area contributed by atoms with Gasteiger partial charge in [-0.05, 0) is 53.9 Å². The van der Waals surface area contributed by atoms with Crippen LogP contribution in [0, 0.1) is 5.82 Å². The second-order valence-electron chi connectivity index (χ2n) is 7.24. The standard InChI is InChI=1S/C22H17FN6O2/c23-17-4-6-18(7-5-17)29-12-16-11-27(9-8-15(16)10-21(29)30)22(31)19-2-1-3-20(26-19)28-13-24-25-14-28/h1-7,10,12-14H,8-9,11H2. The number of amides is 1. The van der Waals surface area contributed by atoms with Gasteiger partial charge in [-0.15, -0.1) is 10.2 Å². The summed E-state index contributed by atoms with van der Waals surface area (Å²) in [5, 5.41) is 7.52. The van der Waals surface area contributed by atoms with Gasteiger partial charge in [0.2, 0.25) is 0 Å². The Hall–Kier alpha value is -4.14. The molecule has 1 aromatic carbocycles. The van der Waals surface area contributed by atoms with E-state index in [0.717, 1.165) is 11.1 Å². The second kappa shape index (κ2) is 7.60. The Kier molecular flexibility index (Phi) is 4.62. The minimum absolute atomic E-state index is 0.187. The summed E-state index contributed by atoms with van der Waals surface area (Å²) >= 11 is 0. The van der Waals surface area contributed by atoms with Gasteiger partial charge in [0, 0.05) is 31.0 Å². The second-order valence-corrected chi connectivity index (χ2v) is 7.24. The van der Waals surface area contributed by atoms with Crippen molar-refractivity contribution in [3.05, 3.63) is 100 Å². The minimum Gasteiger partial charge on any atom is -0.333 e. The number of fused-ring (bicyclic) bond motifs is 1. The number of halogens is 1. The van der Waals surface area contributed by atoms with Gasteiger partial charge in [0.1, 0.15) is 30.0 Å². The number of carbonyl (C=O) groups is 1. The summed E-state index contributed by atoms with van der Waals surface area (Å²) in [5.74, 6) is -0.00810. The number of nitrogens with zero attached hydrogens (tertiary/aromatic N) is 6. The largest absolute Gasteiger partial charge is 0.333 e. The Balaban J connectivity index is 1.43. The maximum atomic E-state index is 13.2. The zero-order valence-corrected chi connectivity index (χ0v) is 16.3. The van der Waals surface area contributed by atoms with Crippen LogP contribution in [0.25, 0.3) is 11.5 Å². The Morgan fingerprint density at radius 1 is 1.00 bits per heavy atom. The van der Waals surface area contributed by atoms with Crippen molar-refractivity contribution < 1.29 is 9.18 Å². The van der Waals surface area contributed by atoms with Gasteiger partial charge in [-0.3, -0.25) is 18.7 Å². The molecule has 3 aromatic heterocycles. The quantitative estimate of drug-likeness (QED) is 0.511. The molecule has 5 rings (SSSR count). The van der Waals surface area contributed by atoms with E-state index in [0.29, 0.717) is 36.7 Å². The minimum atomic E-state index is -0.368. The molecule has 0 radical (unpaired) electrons. The zero-order chi connectivity index (χ0) is 21.4. The van der Waals surface area contributed by atoms with Gasteiger partial charge in [-0.2, -0.15) is 0 Å². The average Bonchev–Trinajstić information content (AvgIpc) is 3.34. The molecule has 1 amide bonds. The highest BCUT2D eigenvalue weighted by Gasteiger charge is 2.24. The molecule has 0 unspecified atom stereocenters. The van der Waals surface area contributed by atoms with Crippen LogP contribution in [0.5, 0.6) is 0 Å². The van der Waals surface area contributed by atoms with Gasteiger partial charge in [0.15, 0.2) is 0 Å². The lowest BCUT2D eigenvalue weighted by molar-refractivity contribution is 0.0728. The molecule has 4 aromatic rings. The van der Waals surface area contributed by atoms with E-state index >= 15 is 0 Å². The summed E-state index contributed by atoms with van der Waals surface area (Å²) in [4.78, 5) is 31.8. The summed E-state index contributed by atoms with van der Waals surface area (Å²) in [6.45, 7) is 0.846. The van der Waals surface area contributed by atoms with Gasteiger partial charge < -0.3 is 4.90 Å². The molecule has 31 heavy (non-hydrogen) atoms. The molecule has 0 saturated heterocycles. The highest BCUT2D eigenvalue weighted by Crippen LogP contribution is 2.20. The van der Waals surface area contributed by atoms with E-state index in [2.05, 4.69) is 15.2 Å². The SMILES string of the molecule is O=C(c1cccc(-n2cnnc2)n1)N1CCc2cc(=O)n(-c3ccc(F)cc3)cc2C1. The molecule has 0 fully saturated rings. The maximum Gasteiger partial charge on any atom is 0.272 e. The van der Waals surface area contributed by atoms with Crippen molar-refractivity contribution in [3.63, 3.8) is 0 Å². The Labute approximate surface area is 176 Å². The van der Waals surface area contributed by atoms with Crippen LogP contribution >= 0.6 is 0 Å². The molecule has 8 nitrogen and oxygen atoms in total. The molecule has 0 spiro atoms. The fourth-order valence-electron chi connectivity index (χ4n) is 3.67. The molecule has 9 heteroatoms. The summed E-state index contributed by atoms with van der Waals surface area (Å²) in [6, 6.07) is 12.5. The molecule has 4 heterocycles. The van der Waals surface area contributed by atoms with Crippen molar-refractivity contribution in [2.45, 2.75) is 13.0 Å². The summed E-state index contributed by atoms with van der Waals surface area (Å²) in [6.07, 6.45) is 5.34. The summed E-state index contributed by atoms with van der Waals surface area (Å²) in [7, 11) is 0. The number of benzene rings is 1. The average molecular weight is 416 g/mol. The maximum absolute atomic E-state index is 13.2. The molecule has 0 saturated carbocycles. The van der Waals surface area contributed by atoms with Crippen LogP contribution in [0.2, 0.25) is 0 Å². The Morgan fingerprint density at radius 3 is 2.55 bits per heavy atom. The van der Waals surface area contributed by atoms with Crippen LogP contribution < -0.4 is 5.56 Å². The lowest BCUT2D eigenvalue weighted by Crippen LogP contribution is -2.37. The van der Waals surface area contributed by atoms with Crippen molar-refractivity contribution in [1.82, 2.24) is 29.2 Å². The molecular formula is C22H17FN6O2. The number of hydrogen-bond donors (Lipinski definition) is 0. The molecule has 0 N–H and O–H groups in total. The predicted molar refractivity (Wildman–Crippen MR) is 110 cm³/mol.